The molecule has 4 nitrogen and oxygen atoms in total. The lowest BCUT2D eigenvalue weighted by Gasteiger charge is -2.30. The lowest BCUT2D eigenvalue weighted by atomic mass is 10.3. The minimum atomic E-state index is 0.350. The first-order valence-electron chi connectivity index (χ1n) is 6.63. The summed E-state index contributed by atoms with van der Waals surface area (Å²) in [5.41, 5.74) is 1.80. The summed E-state index contributed by atoms with van der Waals surface area (Å²) >= 11 is 1.68. The van der Waals surface area contributed by atoms with E-state index in [0.29, 0.717) is 6.10 Å². The highest BCUT2D eigenvalue weighted by Gasteiger charge is 2.16. The van der Waals surface area contributed by atoms with Crippen molar-refractivity contribution >= 4 is 22.9 Å². The van der Waals surface area contributed by atoms with Crippen molar-refractivity contribution < 1.29 is 9.15 Å². The number of rotatable bonds is 4. The topological polar surface area (TPSA) is 38.5 Å². The van der Waals surface area contributed by atoms with E-state index in [1.165, 1.54) is 0 Å². The van der Waals surface area contributed by atoms with Crippen molar-refractivity contribution in [3.05, 3.63) is 24.3 Å². The predicted molar refractivity (Wildman–Crippen MR) is 76.6 cm³/mol. The summed E-state index contributed by atoms with van der Waals surface area (Å²) in [6.45, 7) is 6.07. The maximum atomic E-state index is 5.69. The second-order valence-electron chi connectivity index (χ2n) is 4.78. The highest BCUT2D eigenvalue weighted by atomic mass is 32.2. The van der Waals surface area contributed by atoms with Gasteiger partial charge in [0.25, 0.3) is 5.22 Å². The Labute approximate surface area is 117 Å². The third kappa shape index (κ3) is 3.29. The molecule has 2 heterocycles. The molecule has 0 N–H and O–H groups in total. The van der Waals surface area contributed by atoms with Gasteiger partial charge in [0.1, 0.15) is 5.52 Å². The third-order valence-electron chi connectivity index (χ3n) is 3.23. The summed E-state index contributed by atoms with van der Waals surface area (Å²) in [4.78, 5) is 6.90. The average Bonchev–Trinajstić information content (AvgIpc) is 2.81. The van der Waals surface area contributed by atoms with Crippen molar-refractivity contribution in [1.82, 2.24) is 9.88 Å². The van der Waals surface area contributed by atoms with E-state index in [1.54, 1.807) is 11.8 Å². The Hall–Kier alpha value is -1.04. The summed E-state index contributed by atoms with van der Waals surface area (Å²) in [5.74, 6) is 1.000. The van der Waals surface area contributed by atoms with Crippen LogP contribution in [0.2, 0.25) is 0 Å². The van der Waals surface area contributed by atoms with Gasteiger partial charge in [0.15, 0.2) is 5.58 Å². The smallest absolute Gasteiger partial charge is 0.256 e. The molecule has 5 heteroatoms. The van der Waals surface area contributed by atoms with Crippen molar-refractivity contribution in [3.63, 3.8) is 0 Å². The number of para-hydroxylation sites is 2. The summed E-state index contributed by atoms with van der Waals surface area (Å²) in [6, 6.07) is 7.88. The van der Waals surface area contributed by atoms with Gasteiger partial charge in [-0.25, -0.2) is 4.98 Å². The Bertz CT molecular complexity index is 510. The molecule has 0 spiro atoms. The van der Waals surface area contributed by atoms with Gasteiger partial charge in [0.2, 0.25) is 0 Å². The first kappa shape index (κ1) is 13.0. The molecule has 0 saturated carbocycles. The molecule has 102 valence electrons. The highest BCUT2D eigenvalue weighted by molar-refractivity contribution is 7.99. The van der Waals surface area contributed by atoms with Crippen molar-refractivity contribution in [1.29, 1.82) is 0 Å². The van der Waals surface area contributed by atoms with Crippen LogP contribution in [0.5, 0.6) is 0 Å². The normalized spacial score (nSPS) is 21.0. The van der Waals surface area contributed by atoms with Crippen molar-refractivity contribution in [2.75, 3.05) is 32.0 Å². The van der Waals surface area contributed by atoms with Crippen LogP contribution in [0.25, 0.3) is 11.1 Å². The predicted octanol–water partition coefficient (Wildman–Crippen LogP) is 2.64. The van der Waals surface area contributed by atoms with Gasteiger partial charge in [-0.15, -0.1) is 0 Å². The fourth-order valence-corrected chi connectivity index (χ4v) is 3.10. The molecule has 0 bridgehead atoms. The van der Waals surface area contributed by atoms with E-state index in [2.05, 4.69) is 16.8 Å². The Kier molecular flexibility index (Phi) is 4.06. The van der Waals surface area contributed by atoms with Crippen molar-refractivity contribution in [3.8, 4) is 0 Å². The molecule has 1 aromatic heterocycles. The van der Waals surface area contributed by atoms with E-state index >= 15 is 0 Å². The maximum Gasteiger partial charge on any atom is 0.256 e. The summed E-state index contributed by atoms with van der Waals surface area (Å²) in [7, 11) is 0. The van der Waals surface area contributed by atoms with Crippen LogP contribution in [0.15, 0.2) is 33.9 Å². The maximum absolute atomic E-state index is 5.69. The number of hydrogen-bond acceptors (Lipinski definition) is 5. The number of benzene rings is 1. The van der Waals surface area contributed by atoms with E-state index < -0.39 is 0 Å². The van der Waals surface area contributed by atoms with Crippen LogP contribution in [0, 0.1) is 0 Å². The highest BCUT2D eigenvalue weighted by Crippen LogP contribution is 2.23. The van der Waals surface area contributed by atoms with Gasteiger partial charge in [-0.2, -0.15) is 0 Å². The average molecular weight is 278 g/mol. The molecule has 0 amide bonds. The van der Waals surface area contributed by atoms with Gasteiger partial charge in [0, 0.05) is 25.4 Å². The summed E-state index contributed by atoms with van der Waals surface area (Å²) < 4.78 is 11.2. The molecular formula is C14H18N2O2S. The van der Waals surface area contributed by atoms with Gasteiger partial charge in [0.05, 0.1) is 12.7 Å². The standard InChI is InChI=1S/C14H18N2O2S/c1-11-10-16(6-8-17-11)7-9-19-14-15-12-4-2-3-5-13(12)18-14/h2-5,11H,6-10H2,1H3/t11-/m1/s1. The minimum absolute atomic E-state index is 0.350. The van der Waals surface area contributed by atoms with Gasteiger partial charge < -0.3 is 9.15 Å². The zero-order chi connectivity index (χ0) is 13.1. The molecule has 0 radical (unpaired) electrons. The fraction of sp³-hybridized carbons (Fsp3) is 0.500. The second-order valence-corrected chi connectivity index (χ2v) is 5.82. The molecule has 2 aromatic rings. The number of oxazole rings is 1. The molecule has 1 fully saturated rings. The lowest BCUT2D eigenvalue weighted by molar-refractivity contribution is -0.0158. The molecule has 1 aliphatic heterocycles. The van der Waals surface area contributed by atoms with Crippen LogP contribution >= 0.6 is 11.8 Å². The number of aromatic nitrogens is 1. The Balaban J connectivity index is 1.51. The largest absolute Gasteiger partial charge is 0.431 e. The first-order chi connectivity index (χ1) is 9.31. The number of morpholine rings is 1. The number of hydrogen-bond donors (Lipinski definition) is 0. The number of ether oxygens (including phenoxy) is 1. The van der Waals surface area contributed by atoms with Gasteiger partial charge in [-0.05, 0) is 19.1 Å². The molecule has 3 rings (SSSR count). The monoisotopic (exact) mass is 278 g/mol. The van der Waals surface area contributed by atoms with E-state index in [-0.39, 0.29) is 0 Å². The van der Waals surface area contributed by atoms with E-state index in [1.807, 2.05) is 24.3 Å². The van der Waals surface area contributed by atoms with Crippen molar-refractivity contribution in [2.24, 2.45) is 0 Å². The van der Waals surface area contributed by atoms with E-state index in [0.717, 1.165) is 48.3 Å². The van der Waals surface area contributed by atoms with E-state index in [4.69, 9.17) is 9.15 Å². The van der Waals surface area contributed by atoms with Gasteiger partial charge in [-0.3, -0.25) is 4.90 Å². The molecular weight excluding hydrogens is 260 g/mol. The minimum Gasteiger partial charge on any atom is -0.431 e. The zero-order valence-corrected chi connectivity index (χ0v) is 11.9. The Morgan fingerprint density at radius 3 is 3.16 bits per heavy atom. The lowest BCUT2D eigenvalue weighted by Crippen LogP contribution is -2.42. The van der Waals surface area contributed by atoms with Crippen LogP contribution in [-0.2, 0) is 4.74 Å². The van der Waals surface area contributed by atoms with Crippen LogP contribution in [0.1, 0.15) is 6.92 Å². The molecule has 1 aromatic carbocycles. The van der Waals surface area contributed by atoms with Crippen molar-refractivity contribution in [2.45, 2.75) is 18.3 Å². The Morgan fingerprint density at radius 2 is 2.32 bits per heavy atom. The fourth-order valence-electron chi connectivity index (χ4n) is 2.27. The quantitative estimate of drug-likeness (QED) is 0.804. The molecule has 1 saturated heterocycles. The molecule has 0 aliphatic carbocycles. The van der Waals surface area contributed by atoms with Crippen LogP contribution < -0.4 is 0 Å². The van der Waals surface area contributed by atoms with Gasteiger partial charge >= 0.3 is 0 Å². The summed E-state index contributed by atoms with van der Waals surface area (Å²) in [6.07, 6.45) is 0.350. The molecule has 19 heavy (non-hydrogen) atoms. The van der Waals surface area contributed by atoms with Gasteiger partial charge in [-0.1, -0.05) is 23.9 Å². The van der Waals surface area contributed by atoms with Crippen LogP contribution in [-0.4, -0.2) is 48.0 Å². The number of fused-ring (bicyclic) bond motifs is 1. The van der Waals surface area contributed by atoms with Crippen LogP contribution in [0.4, 0.5) is 0 Å². The van der Waals surface area contributed by atoms with Crippen LogP contribution in [0.3, 0.4) is 0 Å². The zero-order valence-electron chi connectivity index (χ0n) is 11.0. The SMILES string of the molecule is C[C@@H]1CN(CCSc2nc3ccccc3o2)CCO1. The Morgan fingerprint density at radius 1 is 1.42 bits per heavy atom. The second kappa shape index (κ2) is 5.94. The van der Waals surface area contributed by atoms with E-state index in [9.17, 15) is 0 Å². The number of nitrogens with zero attached hydrogens (tertiary/aromatic N) is 2. The number of thioether (sulfide) groups is 1. The third-order valence-corrected chi connectivity index (χ3v) is 4.04. The molecule has 1 atom stereocenters. The molecule has 1 aliphatic rings. The first-order valence-corrected chi connectivity index (χ1v) is 7.62. The molecule has 0 unspecified atom stereocenters. The summed E-state index contributed by atoms with van der Waals surface area (Å²) in [5, 5.41) is 0.766.